The average molecular weight is 316 g/mol. The molecule has 0 atom stereocenters. The second-order valence-corrected chi connectivity index (χ2v) is 6.58. The Balaban J connectivity index is 2.19. The maximum atomic E-state index is 5.54. The van der Waals surface area contributed by atoms with Crippen LogP contribution in [0.4, 0.5) is 0 Å². The van der Waals surface area contributed by atoms with E-state index in [1.807, 2.05) is 7.05 Å². The molecule has 22 heavy (non-hydrogen) atoms. The fourth-order valence-corrected chi connectivity index (χ4v) is 3.39. The van der Waals surface area contributed by atoms with Crippen LogP contribution >= 0.6 is 11.8 Å². The van der Waals surface area contributed by atoms with Gasteiger partial charge in [0.2, 0.25) is 0 Å². The molecular weight excluding hydrogens is 292 g/mol. The summed E-state index contributed by atoms with van der Waals surface area (Å²) in [5.74, 6) is 6.75. The first kappa shape index (κ1) is 16.6. The van der Waals surface area contributed by atoms with E-state index in [4.69, 9.17) is 5.84 Å². The first-order valence-corrected chi connectivity index (χ1v) is 8.30. The summed E-state index contributed by atoms with van der Waals surface area (Å²) in [6.45, 7) is 5.89. The monoisotopic (exact) mass is 316 g/mol. The number of rotatable bonds is 5. The summed E-state index contributed by atoms with van der Waals surface area (Å²) >= 11 is 1.77. The zero-order valence-electron chi connectivity index (χ0n) is 13.4. The van der Waals surface area contributed by atoms with Gasteiger partial charge in [0.05, 0.1) is 0 Å². The molecule has 0 amide bonds. The van der Waals surface area contributed by atoms with Crippen molar-refractivity contribution < 1.29 is 0 Å². The predicted molar refractivity (Wildman–Crippen MR) is 95.5 cm³/mol. The number of hydrogen-bond donors (Lipinski definition) is 2. The number of allylic oxidation sites excluding steroid dienone is 1. The first-order chi connectivity index (χ1) is 10.7. The van der Waals surface area contributed by atoms with Gasteiger partial charge < -0.3 is 16.1 Å². The summed E-state index contributed by atoms with van der Waals surface area (Å²) < 4.78 is 0. The fraction of sp³-hybridized carbons (Fsp3) is 0.353. The lowest BCUT2D eigenvalue weighted by molar-refractivity contribution is 0.566. The van der Waals surface area contributed by atoms with Crippen LogP contribution in [0.1, 0.15) is 19.4 Å². The number of nitrogens with zero attached hydrogens (tertiary/aromatic N) is 2. The number of nitrogens with one attached hydrogen (secondary N) is 1. The number of nitrogens with two attached hydrogens (primary N) is 1. The van der Waals surface area contributed by atoms with Gasteiger partial charge in [-0.25, -0.2) is 0 Å². The van der Waals surface area contributed by atoms with E-state index in [9.17, 15) is 0 Å². The number of thioether (sulfide) groups is 1. The van der Waals surface area contributed by atoms with Crippen molar-refractivity contribution in [2.45, 2.75) is 25.3 Å². The van der Waals surface area contributed by atoms with Crippen LogP contribution in [-0.4, -0.2) is 24.3 Å². The van der Waals surface area contributed by atoms with Gasteiger partial charge in [-0.05, 0) is 24.8 Å². The fourth-order valence-electron chi connectivity index (χ4n) is 2.37. The van der Waals surface area contributed by atoms with Crippen LogP contribution in [0, 0.1) is 5.92 Å². The van der Waals surface area contributed by atoms with Crippen LogP contribution in [0.25, 0.3) is 0 Å². The topological polar surface area (TPSA) is 53.6 Å². The molecule has 4 nitrogen and oxygen atoms in total. The standard InChI is InChI=1S/C17H24N4S/c1-13(2)17(20-18)21-10-6-8-15(12-21)22-16-9-5-4-7-14(16)11-19-3/h4-9,12-13,19H,10-11,18H2,1-3H3/b20-17-. The Morgan fingerprint density at radius 2 is 2.18 bits per heavy atom. The van der Waals surface area contributed by atoms with Crippen molar-refractivity contribution in [1.29, 1.82) is 0 Å². The average Bonchev–Trinajstić information content (AvgIpc) is 2.50. The van der Waals surface area contributed by atoms with Crippen molar-refractivity contribution in [1.82, 2.24) is 10.2 Å². The second kappa shape index (κ2) is 8.06. The molecule has 1 aromatic rings. The van der Waals surface area contributed by atoms with Crippen molar-refractivity contribution in [3.05, 3.63) is 53.1 Å². The minimum Gasteiger partial charge on any atom is -0.330 e. The SMILES string of the molecule is CNCc1ccccc1SC1=CN(/C(=N\N)C(C)C)CC=C1. The highest BCUT2D eigenvalue weighted by molar-refractivity contribution is 8.03. The third-order valence-electron chi connectivity index (χ3n) is 3.38. The molecular formula is C17H24N4S. The molecule has 0 aliphatic carbocycles. The normalized spacial score (nSPS) is 15.4. The Labute approximate surface area is 137 Å². The van der Waals surface area contributed by atoms with Gasteiger partial charge >= 0.3 is 0 Å². The molecule has 3 N–H and O–H groups in total. The Morgan fingerprint density at radius 1 is 1.41 bits per heavy atom. The van der Waals surface area contributed by atoms with Gasteiger partial charge in [-0.2, -0.15) is 5.10 Å². The van der Waals surface area contributed by atoms with E-state index in [1.165, 1.54) is 15.4 Å². The molecule has 0 bridgehead atoms. The van der Waals surface area contributed by atoms with E-state index < -0.39 is 0 Å². The van der Waals surface area contributed by atoms with Crippen LogP contribution in [0.3, 0.4) is 0 Å². The summed E-state index contributed by atoms with van der Waals surface area (Å²) in [5, 5.41) is 7.16. The molecule has 2 rings (SSSR count). The van der Waals surface area contributed by atoms with Crippen molar-refractivity contribution in [2.24, 2.45) is 16.9 Å². The summed E-state index contributed by atoms with van der Waals surface area (Å²) in [4.78, 5) is 4.58. The van der Waals surface area contributed by atoms with Crippen molar-refractivity contribution in [3.8, 4) is 0 Å². The molecule has 0 saturated heterocycles. The molecule has 0 aromatic heterocycles. The minimum absolute atomic E-state index is 0.301. The van der Waals surface area contributed by atoms with Crippen LogP contribution in [0.2, 0.25) is 0 Å². The molecule has 5 heteroatoms. The lowest BCUT2D eigenvalue weighted by atomic mass is 10.1. The Bertz CT molecular complexity index is 590. The molecule has 1 aliphatic heterocycles. The largest absolute Gasteiger partial charge is 0.330 e. The number of hydrazone groups is 1. The third kappa shape index (κ3) is 4.15. The maximum Gasteiger partial charge on any atom is 0.131 e. The van der Waals surface area contributed by atoms with Crippen LogP contribution < -0.4 is 11.2 Å². The Morgan fingerprint density at radius 3 is 2.86 bits per heavy atom. The van der Waals surface area contributed by atoms with E-state index in [2.05, 4.69) is 71.8 Å². The van der Waals surface area contributed by atoms with Gasteiger partial charge in [0, 0.05) is 35.0 Å². The molecule has 0 unspecified atom stereocenters. The van der Waals surface area contributed by atoms with Gasteiger partial charge in [0.1, 0.15) is 5.84 Å². The highest BCUT2D eigenvalue weighted by Gasteiger charge is 2.16. The van der Waals surface area contributed by atoms with Crippen LogP contribution in [0.5, 0.6) is 0 Å². The number of amidine groups is 1. The van der Waals surface area contributed by atoms with Gasteiger partial charge in [0.25, 0.3) is 0 Å². The predicted octanol–water partition coefficient (Wildman–Crippen LogP) is 3.14. The van der Waals surface area contributed by atoms with Crippen molar-refractivity contribution in [3.63, 3.8) is 0 Å². The van der Waals surface area contributed by atoms with E-state index in [0.29, 0.717) is 5.92 Å². The zero-order valence-corrected chi connectivity index (χ0v) is 14.2. The summed E-state index contributed by atoms with van der Waals surface area (Å²) in [6.07, 6.45) is 6.44. The van der Waals surface area contributed by atoms with Gasteiger partial charge in [0.15, 0.2) is 0 Å². The van der Waals surface area contributed by atoms with Gasteiger partial charge in [-0.1, -0.05) is 49.9 Å². The Kier molecular flexibility index (Phi) is 6.10. The molecule has 0 radical (unpaired) electrons. The molecule has 118 valence electrons. The van der Waals surface area contributed by atoms with Crippen molar-refractivity contribution in [2.75, 3.05) is 13.6 Å². The van der Waals surface area contributed by atoms with E-state index in [0.717, 1.165) is 18.9 Å². The molecule has 1 heterocycles. The van der Waals surface area contributed by atoms with Gasteiger partial charge in [-0.3, -0.25) is 0 Å². The molecule has 1 aromatic carbocycles. The summed E-state index contributed by atoms with van der Waals surface area (Å²) in [7, 11) is 1.97. The summed E-state index contributed by atoms with van der Waals surface area (Å²) in [6, 6.07) is 8.47. The molecule has 0 saturated carbocycles. The lowest BCUT2D eigenvalue weighted by Crippen LogP contribution is -2.32. The summed E-state index contributed by atoms with van der Waals surface area (Å²) in [5.41, 5.74) is 1.30. The minimum atomic E-state index is 0.301. The maximum absolute atomic E-state index is 5.54. The first-order valence-electron chi connectivity index (χ1n) is 7.48. The zero-order chi connectivity index (χ0) is 15.9. The highest BCUT2D eigenvalue weighted by atomic mass is 32.2. The smallest absolute Gasteiger partial charge is 0.131 e. The third-order valence-corrected chi connectivity index (χ3v) is 4.47. The molecule has 0 spiro atoms. The van der Waals surface area contributed by atoms with Gasteiger partial charge in [-0.15, -0.1) is 0 Å². The quantitative estimate of drug-likeness (QED) is 0.379. The van der Waals surface area contributed by atoms with Crippen LogP contribution in [0.15, 0.2) is 57.5 Å². The van der Waals surface area contributed by atoms with Crippen LogP contribution in [-0.2, 0) is 6.54 Å². The molecule has 0 fully saturated rings. The number of hydrogen-bond acceptors (Lipinski definition) is 4. The van der Waals surface area contributed by atoms with E-state index in [1.54, 1.807) is 11.8 Å². The number of benzene rings is 1. The van der Waals surface area contributed by atoms with Crippen molar-refractivity contribution >= 4 is 17.6 Å². The Hall–Kier alpha value is -1.72. The van der Waals surface area contributed by atoms with E-state index in [-0.39, 0.29) is 0 Å². The van der Waals surface area contributed by atoms with E-state index >= 15 is 0 Å². The molecule has 1 aliphatic rings. The highest BCUT2D eigenvalue weighted by Crippen LogP contribution is 2.32. The lowest BCUT2D eigenvalue weighted by Gasteiger charge is -2.26. The second-order valence-electron chi connectivity index (χ2n) is 5.47.